The number of methoxy groups -OCH3 is 1. The number of ether oxygens (including phenoxy) is 3. The Morgan fingerprint density at radius 1 is 1.40 bits per heavy atom. The fraction of sp³-hybridized carbons (Fsp3) is 1.00. The Bertz CT molecular complexity index is 78.9. The van der Waals surface area contributed by atoms with E-state index in [1.807, 2.05) is 0 Å². The highest BCUT2D eigenvalue weighted by Crippen LogP contribution is 2.09. The van der Waals surface area contributed by atoms with Crippen LogP contribution in [-0.2, 0) is 14.2 Å². The molecule has 0 unspecified atom stereocenters. The zero-order valence-corrected chi connectivity index (χ0v) is 6.34. The summed E-state index contributed by atoms with van der Waals surface area (Å²) in [5, 5.41) is 0. The third-order valence-corrected chi connectivity index (χ3v) is 1.48. The van der Waals surface area contributed by atoms with Crippen molar-refractivity contribution in [3.05, 3.63) is 0 Å². The highest BCUT2D eigenvalue weighted by molar-refractivity contribution is 4.51. The first-order valence-electron chi connectivity index (χ1n) is 3.65. The lowest BCUT2D eigenvalue weighted by Crippen LogP contribution is -2.08. The number of hydrogen-bond acceptors (Lipinski definition) is 3. The molecule has 0 aromatic rings. The van der Waals surface area contributed by atoms with E-state index in [1.54, 1.807) is 7.11 Å². The van der Waals surface area contributed by atoms with Gasteiger partial charge in [-0.1, -0.05) is 0 Å². The Balaban J connectivity index is 1.91. The van der Waals surface area contributed by atoms with Crippen LogP contribution in [0.1, 0.15) is 12.8 Å². The van der Waals surface area contributed by atoms with Crippen LogP contribution in [0.4, 0.5) is 0 Å². The van der Waals surface area contributed by atoms with Crippen LogP contribution in [0.5, 0.6) is 0 Å². The largest absolute Gasteiger partial charge is 0.385 e. The average molecular weight is 146 g/mol. The summed E-state index contributed by atoms with van der Waals surface area (Å²) in [7, 11) is 1.70. The molecule has 1 saturated heterocycles. The lowest BCUT2D eigenvalue weighted by Gasteiger charge is -2.06. The van der Waals surface area contributed by atoms with Gasteiger partial charge in [-0.3, -0.25) is 0 Å². The van der Waals surface area contributed by atoms with Gasteiger partial charge in [-0.25, -0.2) is 0 Å². The van der Waals surface area contributed by atoms with Crippen LogP contribution in [-0.4, -0.2) is 33.2 Å². The van der Waals surface area contributed by atoms with Gasteiger partial charge < -0.3 is 14.2 Å². The Morgan fingerprint density at radius 3 is 2.70 bits per heavy atom. The van der Waals surface area contributed by atoms with Gasteiger partial charge in [0, 0.05) is 20.1 Å². The molecule has 60 valence electrons. The molecule has 0 aliphatic carbocycles. The average Bonchev–Trinajstić information content (AvgIpc) is 2.41. The van der Waals surface area contributed by atoms with Crippen molar-refractivity contribution in [3.8, 4) is 0 Å². The summed E-state index contributed by atoms with van der Waals surface area (Å²) >= 11 is 0. The molecule has 0 aromatic carbocycles. The van der Waals surface area contributed by atoms with Gasteiger partial charge >= 0.3 is 0 Å². The molecule has 0 saturated carbocycles. The van der Waals surface area contributed by atoms with Gasteiger partial charge in [0.05, 0.1) is 13.2 Å². The van der Waals surface area contributed by atoms with Gasteiger partial charge in [-0.15, -0.1) is 0 Å². The molecule has 0 N–H and O–H groups in total. The van der Waals surface area contributed by atoms with Crippen molar-refractivity contribution in [2.75, 3.05) is 26.9 Å². The summed E-state index contributed by atoms with van der Waals surface area (Å²) in [5.41, 5.74) is 0. The van der Waals surface area contributed by atoms with Gasteiger partial charge in [-0.05, 0) is 6.42 Å². The second-order valence-electron chi connectivity index (χ2n) is 2.31. The van der Waals surface area contributed by atoms with E-state index in [9.17, 15) is 0 Å². The van der Waals surface area contributed by atoms with E-state index >= 15 is 0 Å². The molecule has 1 aliphatic rings. The van der Waals surface area contributed by atoms with E-state index in [4.69, 9.17) is 14.2 Å². The summed E-state index contributed by atoms with van der Waals surface area (Å²) in [6.45, 7) is 2.29. The predicted octanol–water partition coefficient (Wildman–Crippen LogP) is 0.786. The molecule has 3 heteroatoms. The maximum absolute atomic E-state index is 5.22. The van der Waals surface area contributed by atoms with Crippen LogP contribution < -0.4 is 0 Å². The second-order valence-corrected chi connectivity index (χ2v) is 2.31. The molecule has 0 spiro atoms. The standard InChI is InChI=1S/C7H14O3/c1-8-4-2-3-7-9-5-6-10-7/h7H,2-6H2,1H3. The smallest absolute Gasteiger partial charge is 0.157 e. The molecule has 10 heavy (non-hydrogen) atoms. The van der Waals surface area contributed by atoms with E-state index in [2.05, 4.69) is 0 Å². The summed E-state index contributed by atoms with van der Waals surface area (Å²) in [6.07, 6.45) is 2.00. The fourth-order valence-electron chi connectivity index (χ4n) is 0.968. The molecular formula is C7H14O3. The Morgan fingerprint density at radius 2 is 2.10 bits per heavy atom. The molecule has 0 atom stereocenters. The van der Waals surface area contributed by atoms with E-state index in [0.717, 1.165) is 32.7 Å². The maximum atomic E-state index is 5.22. The van der Waals surface area contributed by atoms with Crippen molar-refractivity contribution in [2.24, 2.45) is 0 Å². The van der Waals surface area contributed by atoms with Gasteiger partial charge in [0.1, 0.15) is 0 Å². The maximum Gasteiger partial charge on any atom is 0.157 e. The third kappa shape index (κ3) is 2.64. The summed E-state index contributed by atoms with van der Waals surface area (Å²) in [6, 6.07) is 0. The van der Waals surface area contributed by atoms with Gasteiger partial charge in [0.2, 0.25) is 0 Å². The molecule has 1 heterocycles. The van der Waals surface area contributed by atoms with Crippen molar-refractivity contribution in [1.82, 2.24) is 0 Å². The zero-order chi connectivity index (χ0) is 7.23. The van der Waals surface area contributed by atoms with Crippen LogP contribution in [0.25, 0.3) is 0 Å². The molecule has 0 radical (unpaired) electrons. The van der Waals surface area contributed by atoms with E-state index in [-0.39, 0.29) is 6.29 Å². The van der Waals surface area contributed by atoms with Crippen molar-refractivity contribution in [3.63, 3.8) is 0 Å². The van der Waals surface area contributed by atoms with Crippen molar-refractivity contribution in [1.29, 1.82) is 0 Å². The molecule has 1 aliphatic heterocycles. The van der Waals surface area contributed by atoms with Crippen LogP contribution in [0, 0.1) is 0 Å². The van der Waals surface area contributed by atoms with E-state index in [1.165, 1.54) is 0 Å². The first kappa shape index (κ1) is 7.98. The lowest BCUT2D eigenvalue weighted by molar-refractivity contribution is -0.0506. The van der Waals surface area contributed by atoms with Gasteiger partial charge in [0.15, 0.2) is 6.29 Å². The minimum absolute atomic E-state index is 0.0372. The molecule has 1 rings (SSSR count). The lowest BCUT2D eigenvalue weighted by atomic mass is 10.3. The van der Waals surface area contributed by atoms with Crippen LogP contribution >= 0.6 is 0 Å². The second kappa shape index (κ2) is 4.66. The normalized spacial score (nSPS) is 20.1. The molecule has 0 aromatic heterocycles. The van der Waals surface area contributed by atoms with Gasteiger partial charge in [0.25, 0.3) is 0 Å². The minimum Gasteiger partial charge on any atom is -0.385 e. The van der Waals surface area contributed by atoms with Crippen molar-refractivity contribution in [2.45, 2.75) is 19.1 Å². The first-order chi connectivity index (χ1) is 4.93. The summed E-state index contributed by atoms with van der Waals surface area (Å²) in [5.74, 6) is 0. The summed E-state index contributed by atoms with van der Waals surface area (Å²) < 4.78 is 15.3. The summed E-state index contributed by atoms with van der Waals surface area (Å²) in [4.78, 5) is 0. The zero-order valence-electron chi connectivity index (χ0n) is 6.34. The molecule has 3 nitrogen and oxygen atoms in total. The fourth-order valence-corrected chi connectivity index (χ4v) is 0.968. The quantitative estimate of drug-likeness (QED) is 0.549. The van der Waals surface area contributed by atoms with Crippen LogP contribution in [0.3, 0.4) is 0 Å². The van der Waals surface area contributed by atoms with Crippen LogP contribution in [0.15, 0.2) is 0 Å². The Hall–Kier alpha value is -0.120. The van der Waals surface area contributed by atoms with Crippen molar-refractivity contribution >= 4 is 0 Å². The van der Waals surface area contributed by atoms with Gasteiger partial charge in [-0.2, -0.15) is 0 Å². The SMILES string of the molecule is COCCCC1OCCO1. The predicted molar refractivity (Wildman–Crippen MR) is 36.8 cm³/mol. The molecule has 1 fully saturated rings. The molecule has 0 amide bonds. The van der Waals surface area contributed by atoms with Crippen molar-refractivity contribution < 1.29 is 14.2 Å². The topological polar surface area (TPSA) is 27.7 Å². The highest BCUT2D eigenvalue weighted by atomic mass is 16.7. The Labute approximate surface area is 61.3 Å². The van der Waals surface area contributed by atoms with E-state index in [0.29, 0.717) is 0 Å². The monoisotopic (exact) mass is 146 g/mol. The van der Waals surface area contributed by atoms with E-state index < -0.39 is 0 Å². The Kier molecular flexibility index (Phi) is 3.72. The third-order valence-electron chi connectivity index (χ3n) is 1.48. The van der Waals surface area contributed by atoms with Crippen LogP contribution in [0.2, 0.25) is 0 Å². The highest BCUT2D eigenvalue weighted by Gasteiger charge is 2.14. The molecule has 0 bridgehead atoms. The number of rotatable bonds is 4. The number of hydrogen-bond donors (Lipinski definition) is 0. The molecular weight excluding hydrogens is 132 g/mol. The minimum atomic E-state index is 0.0372. The first-order valence-corrected chi connectivity index (χ1v) is 3.65.